The summed E-state index contributed by atoms with van der Waals surface area (Å²) in [6, 6.07) is 3.39. The van der Waals surface area contributed by atoms with Crippen molar-refractivity contribution >= 4 is 17.6 Å². The van der Waals surface area contributed by atoms with Crippen molar-refractivity contribution in [3.05, 3.63) is 36.7 Å². The zero-order chi connectivity index (χ0) is 13.4. The van der Waals surface area contributed by atoms with Gasteiger partial charge in [-0.25, -0.2) is 0 Å². The topological polar surface area (TPSA) is 88.5 Å². The number of carbonyl (C=O) groups excluding carboxylic acids is 1. The number of aromatic nitrogens is 1. The van der Waals surface area contributed by atoms with Crippen LogP contribution in [0.25, 0.3) is 0 Å². The van der Waals surface area contributed by atoms with Gasteiger partial charge in [0.25, 0.3) is 0 Å². The van der Waals surface area contributed by atoms with Crippen molar-refractivity contribution in [1.82, 2.24) is 4.98 Å². The maximum Gasteiger partial charge on any atom is 0.310 e. The number of carbonyl (C=O) groups is 2. The van der Waals surface area contributed by atoms with Gasteiger partial charge in [0, 0.05) is 6.20 Å². The molecule has 2 aliphatic heterocycles. The van der Waals surface area contributed by atoms with E-state index in [1.807, 2.05) is 0 Å². The lowest BCUT2D eigenvalue weighted by Gasteiger charge is -2.20. The molecule has 0 unspecified atom stereocenters. The summed E-state index contributed by atoms with van der Waals surface area (Å²) in [5.41, 5.74) is 0.545. The zero-order valence-electron chi connectivity index (χ0n) is 9.89. The van der Waals surface area contributed by atoms with E-state index in [0.717, 1.165) is 0 Å². The van der Waals surface area contributed by atoms with Crippen molar-refractivity contribution in [1.29, 1.82) is 0 Å². The van der Waals surface area contributed by atoms with Gasteiger partial charge in [0.1, 0.15) is 5.92 Å². The smallest absolute Gasteiger partial charge is 0.310 e. The highest BCUT2D eigenvalue weighted by molar-refractivity contribution is 5.96. The van der Waals surface area contributed by atoms with Gasteiger partial charge in [-0.15, -0.1) is 0 Å². The van der Waals surface area contributed by atoms with Crippen molar-refractivity contribution in [3.8, 4) is 0 Å². The predicted octanol–water partition coefficient (Wildman–Crippen LogP) is 0.674. The number of anilines is 1. The van der Waals surface area contributed by atoms with E-state index in [9.17, 15) is 14.7 Å². The second kappa shape index (κ2) is 4.47. The summed E-state index contributed by atoms with van der Waals surface area (Å²) < 4.78 is 5.45. The molecule has 1 aromatic heterocycles. The molecule has 19 heavy (non-hydrogen) atoms. The predicted molar refractivity (Wildman–Crippen MR) is 65.3 cm³/mol. The molecule has 0 aromatic carbocycles. The number of rotatable bonds is 3. The normalized spacial score (nSPS) is 31.4. The summed E-state index contributed by atoms with van der Waals surface area (Å²) in [6.07, 6.45) is 5.60. The number of ether oxygens (including phenoxy) is 1. The second-order valence-electron chi connectivity index (χ2n) is 4.57. The molecule has 6 heteroatoms. The van der Waals surface area contributed by atoms with E-state index in [1.165, 1.54) is 6.20 Å². The van der Waals surface area contributed by atoms with Gasteiger partial charge in [-0.05, 0) is 12.1 Å². The lowest BCUT2D eigenvalue weighted by atomic mass is 9.82. The van der Waals surface area contributed by atoms with E-state index in [0.29, 0.717) is 5.69 Å². The highest BCUT2D eigenvalue weighted by Crippen LogP contribution is 2.39. The van der Waals surface area contributed by atoms with Crippen molar-refractivity contribution in [2.75, 3.05) is 5.32 Å². The molecule has 1 amide bonds. The van der Waals surface area contributed by atoms with E-state index in [2.05, 4.69) is 10.3 Å². The third-order valence-corrected chi connectivity index (χ3v) is 3.42. The van der Waals surface area contributed by atoms with Crippen LogP contribution in [0.15, 0.2) is 36.7 Å². The fraction of sp³-hybridized carbons (Fsp3) is 0.308. The molecule has 0 radical (unpaired) electrons. The molecule has 2 aliphatic rings. The Labute approximate surface area is 109 Å². The zero-order valence-corrected chi connectivity index (χ0v) is 9.89. The van der Waals surface area contributed by atoms with Crippen LogP contribution in [-0.2, 0) is 14.3 Å². The summed E-state index contributed by atoms with van der Waals surface area (Å²) >= 11 is 0. The number of hydrogen-bond acceptors (Lipinski definition) is 4. The largest absolute Gasteiger partial charge is 0.481 e. The SMILES string of the molecule is O=C(O)[C@@H]1[C@@H](C(=O)Nc2cccnc2)[C@@H]2C=C[C@@H]1O2. The molecule has 0 saturated carbocycles. The molecular weight excluding hydrogens is 248 g/mol. The molecule has 1 saturated heterocycles. The van der Waals surface area contributed by atoms with Crippen molar-refractivity contribution in [2.24, 2.45) is 11.8 Å². The fourth-order valence-corrected chi connectivity index (χ4v) is 2.58. The summed E-state index contributed by atoms with van der Waals surface area (Å²) in [5.74, 6) is -2.89. The van der Waals surface area contributed by atoms with Crippen LogP contribution >= 0.6 is 0 Å². The number of hydrogen-bond donors (Lipinski definition) is 2. The van der Waals surface area contributed by atoms with Crippen molar-refractivity contribution in [3.63, 3.8) is 0 Å². The van der Waals surface area contributed by atoms with Crippen LogP contribution in [0.2, 0.25) is 0 Å². The molecule has 0 spiro atoms. The van der Waals surface area contributed by atoms with E-state index in [-0.39, 0.29) is 5.91 Å². The maximum absolute atomic E-state index is 12.2. The Bertz CT molecular complexity index is 543. The number of amides is 1. The van der Waals surface area contributed by atoms with Gasteiger partial charge in [0.05, 0.1) is 30.0 Å². The highest BCUT2D eigenvalue weighted by Gasteiger charge is 2.53. The third-order valence-electron chi connectivity index (χ3n) is 3.42. The first-order valence-corrected chi connectivity index (χ1v) is 5.94. The second-order valence-corrected chi connectivity index (χ2v) is 4.57. The molecule has 6 nitrogen and oxygen atoms in total. The highest BCUT2D eigenvalue weighted by atomic mass is 16.5. The van der Waals surface area contributed by atoms with E-state index in [4.69, 9.17) is 4.74 Å². The summed E-state index contributed by atoms with van der Waals surface area (Å²) in [6.45, 7) is 0. The molecule has 0 aliphatic carbocycles. The van der Waals surface area contributed by atoms with E-state index in [1.54, 1.807) is 30.5 Å². The fourth-order valence-electron chi connectivity index (χ4n) is 2.58. The van der Waals surface area contributed by atoms with Gasteiger partial charge < -0.3 is 15.2 Å². The Hall–Kier alpha value is -2.21. The van der Waals surface area contributed by atoms with Crippen molar-refractivity contribution < 1.29 is 19.4 Å². The Balaban J connectivity index is 1.79. The summed E-state index contributed by atoms with van der Waals surface area (Å²) in [7, 11) is 0. The minimum Gasteiger partial charge on any atom is -0.481 e. The number of nitrogens with zero attached hydrogens (tertiary/aromatic N) is 1. The van der Waals surface area contributed by atoms with Gasteiger partial charge in [-0.3, -0.25) is 14.6 Å². The first kappa shape index (κ1) is 11.9. The van der Waals surface area contributed by atoms with Crippen LogP contribution in [0.4, 0.5) is 5.69 Å². The number of carboxylic acid groups (broad SMARTS) is 1. The van der Waals surface area contributed by atoms with E-state index >= 15 is 0 Å². The first-order chi connectivity index (χ1) is 9.16. The first-order valence-electron chi connectivity index (χ1n) is 5.94. The van der Waals surface area contributed by atoms with Gasteiger partial charge in [-0.1, -0.05) is 12.2 Å². The number of nitrogens with one attached hydrogen (secondary N) is 1. The van der Waals surface area contributed by atoms with Crippen LogP contribution in [0.1, 0.15) is 0 Å². The Kier molecular flexibility index (Phi) is 2.79. The van der Waals surface area contributed by atoms with Crippen LogP contribution in [0.3, 0.4) is 0 Å². The molecule has 2 bridgehead atoms. The number of fused-ring (bicyclic) bond motifs is 2. The molecular formula is C13H12N2O4. The monoisotopic (exact) mass is 260 g/mol. The van der Waals surface area contributed by atoms with Crippen LogP contribution < -0.4 is 5.32 Å². The molecule has 3 heterocycles. The number of aliphatic carboxylic acids is 1. The lowest BCUT2D eigenvalue weighted by molar-refractivity contribution is -0.145. The van der Waals surface area contributed by atoms with E-state index < -0.39 is 30.0 Å². The molecule has 3 rings (SSSR count). The van der Waals surface area contributed by atoms with Crippen LogP contribution in [0, 0.1) is 11.8 Å². The van der Waals surface area contributed by atoms with Gasteiger partial charge in [-0.2, -0.15) is 0 Å². The Morgan fingerprint density at radius 2 is 2.00 bits per heavy atom. The van der Waals surface area contributed by atoms with Crippen LogP contribution in [0.5, 0.6) is 0 Å². The molecule has 2 N–H and O–H groups in total. The standard InChI is InChI=1S/C13H12N2O4/c16-12(15-7-2-1-5-14-6-7)10-8-3-4-9(19-8)11(10)13(17)18/h1-6,8-11H,(H,15,16)(H,17,18)/t8-,9-,10-,11-/m0/s1. The average Bonchev–Trinajstić information content (AvgIpc) is 2.99. The minimum absolute atomic E-state index is 0.350. The Morgan fingerprint density at radius 1 is 1.26 bits per heavy atom. The van der Waals surface area contributed by atoms with Crippen LogP contribution in [-0.4, -0.2) is 34.2 Å². The molecule has 1 fully saturated rings. The number of carboxylic acids is 1. The molecule has 4 atom stereocenters. The molecule has 98 valence electrons. The van der Waals surface area contributed by atoms with Gasteiger partial charge in [0.2, 0.25) is 5.91 Å². The quantitative estimate of drug-likeness (QED) is 0.780. The van der Waals surface area contributed by atoms with Crippen molar-refractivity contribution in [2.45, 2.75) is 12.2 Å². The number of pyridine rings is 1. The third kappa shape index (κ3) is 2.00. The van der Waals surface area contributed by atoms with Gasteiger partial charge in [0.15, 0.2) is 0 Å². The lowest BCUT2D eigenvalue weighted by Crippen LogP contribution is -2.39. The Morgan fingerprint density at radius 3 is 2.63 bits per heavy atom. The average molecular weight is 260 g/mol. The molecule has 1 aromatic rings. The maximum atomic E-state index is 12.2. The summed E-state index contributed by atoms with van der Waals surface area (Å²) in [5, 5.41) is 11.9. The summed E-state index contributed by atoms with van der Waals surface area (Å²) in [4.78, 5) is 27.3. The van der Waals surface area contributed by atoms with Gasteiger partial charge >= 0.3 is 5.97 Å². The minimum atomic E-state index is -1.01.